The van der Waals surface area contributed by atoms with Crippen molar-refractivity contribution in [2.75, 3.05) is 11.4 Å². The summed E-state index contributed by atoms with van der Waals surface area (Å²) in [5, 5.41) is 10.1. The van der Waals surface area contributed by atoms with Crippen LogP contribution in [-0.2, 0) is 4.79 Å². The molecule has 1 aliphatic rings. The summed E-state index contributed by atoms with van der Waals surface area (Å²) < 4.78 is 0.676. The maximum atomic E-state index is 11.6. The normalized spacial score (nSPS) is 20.6. The van der Waals surface area contributed by atoms with Crippen molar-refractivity contribution >= 4 is 50.7 Å². The second-order valence-corrected chi connectivity index (χ2v) is 5.17. The third kappa shape index (κ3) is 2.07. The average molecular weight is 325 g/mol. The summed E-state index contributed by atoms with van der Waals surface area (Å²) >= 11 is 15.3. The van der Waals surface area contributed by atoms with Crippen LogP contribution in [0.5, 0.6) is 0 Å². The van der Waals surface area contributed by atoms with Crippen molar-refractivity contribution in [1.82, 2.24) is 0 Å². The molecule has 6 heteroatoms. The van der Waals surface area contributed by atoms with Gasteiger partial charge in [-0.05, 0) is 28.1 Å². The van der Waals surface area contributed by atoms with Gasteiger partial charge in [0, 0.05) is 4.47 Å². The highest BCUT2D eigenvalue weighted by Crippen LogP contribution is 2.38. The van der Waals surface area contributed by atoms with E-state index < -0.39 is 6.10 Å². The fraction of sp³-hybridized carbons (Fsp3) is 0.300. The van der Waals surface area contributed by atoms with E-state index in [-0.39, 0.29) is 18.9 Å². The van der Waals surface area contributed by atoms with Gasteiger partial charge in [0.1, 0.15) is 0 Å². The highest BCUT2D eigenvalue weighted by atomic mass is 79.9. The lowest BCUT2D eigenvalue weighted by Gasteiger charge is -2.18. The summed E-state index contributed by atoms with van der Waals surface area (Å²) in [6.07, 6.45) is -0.504. The molecule has 1 aromatic carbocycles. The molecule has 1 fully saturated rings. The number of halogens is 3. The number of hydrogen-bond donors (Lipinski definition) is 1. The fourth-order valence-corrected chi connectivity index (χ4v) is 2.52. The molecule has 0 saturated carbocycles. The lowest BCUT2D eigenvalue weighted by molar-refractivity contribution is -0.117. The smallest absolute Gasteiger partial charge is 0.229 e. The number of carbonyl (C=O) groups is 1. The van der Waals surface area contributed by atoms with Gasteiger partial charge < -0.3 is 10.0 Å². The van der Waals surface area contributed by atoms with E-state index in [4.69, 9.17) is 23.2 Å². The second kappa shape index (κ2) is 4.53. The number of aliphatic hydroxyl groups is 1. The fourth-order valence-electron chi connectivity index (χ4n) is 1.65. The van der Waals surface area contributed by atoms with Crippen LogP contribution in [0.4, 0.5) is 5.69 Å². The maximum absolute atomic E-state index is 11.6. The summed E-state index contributed by atoms with van der Waals surface area (Å²) in [7, 11) is 0. The van der Waals surface area contributed by atoms with E-state index in [9.17, 15) is 9.90 Å². The first-order valence-corrected chi connectivity index (χ1v) is 6.17. The molecule has 1 unspecified atom stereocenters. The predicted molar refractivity (Wildman–Crippen MR) is 67.1 cm³/mol. The minimum Gasteiger partial charge on any atom is -0.391 e. The highest BCUT2D eigenvalue weighted by Gasteiger charge is 2.30. The van der Waals surface area contributed by atoms with Gasteiger partial charge in [-0.3, -0.25) is 4.79 Å². The molecule has 1 aromatic rings. The SMILES string of the molecule is O=C1CC(O)CN1c1ccc(Br)c(Cl)c1Cl. The number of aliphatic hydroxyl groups excluding tert-OH is 1. The zero-order valence-electron chi connectivity index (χ0n) is 8.08. The lowest BCUT2D eigenvalue weighted by Crippen LogP contribution is -2.25. The minimum atomic E-state index is -0.633. The predicted octanol–water partition coefficient (Wildman–Crippen LogP) is 2.85. The summed E-state index contributed by atoms with van der Waals surface area (Å²) in [5.74, 6) is -0.146. The first-order chi connectivity index (χ1) is 7.50. The zero-order chi connectivity index (χ0) is 11.9. The Kier molecular flexibility index (Phi) is 3.45. The highest BCUT2D eigenvalue weighted by molar-refractivity contribution is 9.10. The molecule has 1 saturated heterocycles. The number of β-amino-alcohol motifs (C(OH)–C–C–N with tert-alkyl or cyclic N) is 1. The second-order valence-electron chi connectivity index (χ2n) is 3.56. The Morgan fingerprint density at radius 2 is 2.06 bits per heavy atom. The maximum Gasteiger partial charge on any atom is 0.229 e. The molecule has 0 bridgehead atoms. The number of anilines is 1. The van der Waals surface area contributed by atoms with Crippen molar-refractivity contribution in [2.45, 2.75) is 12.5 Å². The molecule has 2 rings (SSSR count). The van der Waals surface area contributed by atoms with E-state index >= 15 is 0 Å². The van der Waals surface area contributed by atoms with Gasteiger partial charge in [-0.25, -0.2) is 0 Å². The van der Waals surface area contributed by atoms with Crippen LogP contribution in [0.15, 0.2) is 16.6 Å². The lowest BCUT2D eigenvalue weighted by atomic mass is 10.3. The Balaban J connectivity index is 2.42. The van der Waals surface area contributed by atoms with Crippen LogP contribution in [0.1, 0.15) is 6.42 Å². The van der Waals surface area contributed by atoms with E-state index in [1.165, 1.54) is 4.90 Å². The first-order valence-electron chi connectivity index (χ1n) is 4.62. The van der Waals surface area contributed by atoms with Crippen LogP contribution in [0.2, 0.25) is 10.0 Å². The zero-order valence-corrected chi connectivity index (χ0v) is 11.2. The minimum absolute atomic E-state index is 0.129. The van der Waals surface area contributed by atoms with Gasteiger partial charge in [-0.1, -0.05) is 23.2 Å². The molecule has 1 heterocycles. The third-order valence-corrected chi connectivity index (χ3v) is 4.17. The van der Waals surface area contributed by atoms with Gasteiger partial charge >= 0.3 is 0 Å². The Bertz CT molecular complexity index is 453. The number of benzene rings is 1. The number of amides is 1. The molecule has 0 radical (unpaired) electrons. The molecule has 0 aliphatic carbocycles. The van der Waals surface area contributed by atoms with Gasteiger partial charge in [0.15, 0.2) is 0 Å². The van der Waals surface area contributed by atoms with Crippen molar-refractivity contribution in [1.29, 1.82) is 0 Å². The number of hydrogen-bond acceptors (Lipinski definition) is 2. The van der Waals surface area contributed by atoms with Crippen molar-refractivity contribution in [3.63, 3.8) is 0 Å². The molecular weight excluding hydrogens is 317 g/mol. The van der Waals surface area contributed by atoms with Gasteiger partial charge in [-0.15, -0.1) is 0 Å². The van der Waals surface area contributed by atoms with E-state index in [2.05, 4.69) is 15.9 Å². The monoisotopic (exact) mass is 323 g/mol. The number of nitrogens with zero attached hydrogens (tertiary/aromatic N) is 1. The Hall–Kier alpha value is -0.290. The molecule has 1 atom stereocenters. The molecule has 3 nitrogen and oxygen atoms in total. The van der Waals surface area contributed by atoms with Gasteiger partial charge in [0.25, 0.3) is 0 Å². The first kappa shape index (κ1) is 12.2. The molecule has 0 aromatic heterocycles. The van der Waals surface area contributed by atoms with Crippen LogP contribution < -0.4 is 4.90 Å². The summed E-state index contributed by atoms with van der Waals surface area (Å²) in [5.41, 5.74) is 0.538. The molecule has 1 amide bonds. The van der Waals surface area contributed by atoms with Crippen LogP contribution in [0.25, 0.3) is 0 Å². The van der Waals surface area contributed by atoms with Crippen molar-refractivity contribution < 1.29 is 9.90 Å². The summed E-state index contributed by atoms with van der Waals surface area (Å²) in [4.78, 5) is 13.0. The van der Waals surface area contributed by atoms with Crippen LogP contribution in [-0.4, -0.2) is 23.7 Å². The van der Waals surface area contributed by atoms with Crippen molar-refractivity contribution in [3.8, 4) is 0 Å². The van der Waals surface area contributed by atoms with Crippen LogP contribution >= 0.6 is 39.1 Å². The van der Waals surface area contributed by atoms with Crippen molar-refractivity contribution in [3.05, 3.63) is 26.7 Å². The Morgan fingerprint density at radius 1 is 1.38 bits per heavy atom. The Morgan fingerprint density at radius 3 is 2.62 bits per heavy atom. The molecule has 16 heavy (non-hydrogen) atoms. The topological polar surface area (TPSA) is 40.5 Å². The third-order valence-electron chi connectivity index (χ3n) is 2.41. The van der Waals surface area contributed by atoms with Gasteiger partial charge in [-0.2, -0.15) is 0 Å². The van der Waals surface area contributed by atoms with Gasteiger partial charge in [0.2, 0.25) is 5.91 Å². The van der Waals surface area contributed by atoms with E-state index in [1.807, 2.05) is 0 Å². The largest absolute Gasteiger partial charge is 0.391 e. The standard InChI is InChI=1S/C10H8BrCl2NO2/c11-6-1-2-7(10(13)9(6)12)14-4-5(15)3-8(14)16/h1-2,5,15H,3-4H2. The summed E-state index contributed by atoms with van der Waals surface area (Å²) in [6.45, 7) is 0.260. The molecule has 1 aliphatic heterocycles. The van der Waals surface area contributed by atoms with E-state index in [0.29, 0.717) is 20.2 Å². The quantitative estimate of drug-likeness (QED) is 0.807. The number of rotatable bonds is 1. The molecule has 1 N–H and O–H groups in total. The summed E-state index contributed by atoms with van der Waals surface area (Å²) in [6, 6.07) is 3.43. The Labute approximate surface area is 111 Å². The van der Waals surface area contributed by atoms with Crippen LogP contribution in [0.3, 0.4) is 0 Å². The molecule has 0 spiro atoms. The molecular formula is C10H8BrCl2NO2. The average Bonchev–Trinajstić information content (AvgIpc) is 2.55. The molecule has 86 valence electrons. The van der Waals surface area contributed by atoms with Gasteiger partial charge in [0.05, 0.1) is 34.8 Å². The number of carbonyl (C=O) groups excluding carboxylic acids is 1. The van der Waals surface area contributed by atoms with E-state index in [1.54, 1.807) is 12.1 Å². The van der Waals surface area contributed by atoms with Crippen LogP contribution in [0, 0.1) is 0 Å². The van der Waals surface area contributed by atoms with Crippen molar-refractivity contribution in [2.24, 2.45) is 0 Å². The van der Waals surface area contributed by atoms with E-state index in [0.717, 1.165) is 0 Å².